The van der Waals surface area contributed by atoms with Crippen LogP contribution in [0.15, 0.2) is 60.7 Å². The number of carbonyl (C=O) groups is 1. The summed E-state index contributed by atoms with van der Waals surface area (Å²) in [6.07, 6.45) is -0.445. The zero-order valence-electron chi connectivity index (χ0n) is 18.7. The molecule has 0 spiro atoms. The van der Waals surface area contributed by atoms with Crippen LogP contribution in [0.4, 0.5) is 8.78 Å². The van der Waals surface area contributed by atoms with Crippen molar-refractivity contribution in [3.05, 3.63) is 104 Å². The molecule has 35 heavy (non-hydrogen) atoms. The summed E-state index contributed by atoms with van der Waals surface area (Å²) in [5, 5.41) is 1.38. The fraction of sp³-hybridized carbons (Fsp3) is 0.269. The van der Waals surface area contributed by atoms with Gasteiger partial charge >= 0.3 is 0 Å². The number of amides is 1. The molecule has 1 unspecified atom stereocenters. The molecular weight excluding hydrogens is 517 g/mol. The summed E-state index contributed by atoms with van der Waals surface area (Å²) < 4.78 is 34.3. The van der Waals surface area contributed by atoms with E-state index in [0.717, 1.165) is 5.56 Å². The first-order valence-electron chi connectivity index (χ1n) is 11.1. The fourth-order valence-electron chi connectivity index (χ4n) is 3.99. The molecule has 1 atom stereocenters. The quantitative estimate of drug-likeness (QED) is 0.337. The van der Waals surface area contributed by atoms with Crippen molar-refractivity contribution in [1.29, 1.82) is 0 Å². The van der Waals surface area contributed by atoms with Crippen LogP contribution < -0.4 is 0 Å². The normalized spacial score (nSPS) is 15.3. The van der Waals surface area contributed by atoms with Crippen LogP contribution in [0.25, 0.3) is 0 Å². The topological polar surface area (TPSA) is 32.8 Å². The first kappa shape index (κ1) is 25.9. The van der Waals surface area contributed by atoms with Gasteiger partial charge in [0, 0.05) is 48.3 Å². The Labute approximate surface area is 217 Å². The summed E-state index contributed by atoms with van der Waals surface area (Å²) in [5.41, 5.74) is 1.15. The van der Waals surface area contributed by atoms with Gasteiger partial charge in [0.25, 0.3) is 5.91 Å². The van der Waals surface area contributed by atoms with Gasteiger partial charge in [0.1, 0.15) is 11.6 Å². The van der Waals surface area contributed by atoms with E-state index < -0.39 is 17.7 Å². The molecule has 3 aromatic carbocycles. The standard InChI is InChI=1S/C26H23Cl3F2N2O2/c27-18-6-4-17(5-7-18)25(35-16-21-23(30)2-1-3-24(21)31)15-32-10-12-33(13-11-32)26(34)20-9-8-19(28)14-22(20)29/h1-9,14,25H,10-13,15-16H2. The molecule has 0 radical (unpaired) electrons. The molecule has 1 heterocycles. The average molecular weight is 540 g/mol. The summed E-state index contributed by atoms with van der Waals surface area (Å²) in [4.78, 5) is 16.8. The molecule has 1 fully saturated rings. The summed E-state index contributed by atoms with van der Waals surface area (Å²) in [6, 6.07) is 15.8. The van der Waals surface area contributed by atoms with E-state index in [9.17, 15) is 13.6 Å². The highest BCUT2D eigenvalue weighted by Crippen LogP contribution is 2.26. The predicted molar refractivity (Wildman–Crippen MR) is 134 cm³/mol. The molecule has 0 aliphatic carbocycles. The second-order valence-electron chi connectivity index (χ2n) is 8.27. The Kier molecular flexibility index (Phi) is 8.63. The lowest BCUT2D eigenvalue weighted by Gasteiger charge is -2.36. The van der Waals surface area contributed by atoms with Crippen LogP contribution in [-0.4, -0.2) is 48.4 Å². The highest BCUT2D eigenvalue weighted by Gasteiger charge is 2.26. The zero-order chi connectivity index (χ0) is 24.9. The third kappa shape index (κ3) is 6.51. The lowest BCUT2D eigenvalue weighted by molar-refractivity contribution is 0.00145. The van der Waals surface area contributed by atoms with Crippen molar-refractivity contribution in [3.8, 4) is 0 Å². The van der Waals surface area contributed by atoms with Gasteiger partial charge in [-0.3, -0.25) is 9.69 Å². The number of carbonyl (C=O) groups excluding carboxylic acids is 1. The molecule has 4 nitrogen and oxygen atoms in total. The number of nitrogens with zero attached hydrogens (tertiary/aromatic N) is 2. The molecule has 0 saturated carbocycles. The van der Waals surface area contributed by atoms with Gasteiger partial charge in [-0.05, 0) is 48.0 Å². The Bertz CT molecular complexity index is 1170. The molecule has 0 bridgehead atoms. The number of piperazine rings is 1. The molecule has 184 valence electrons. The monoisotopic (exact) mass is 538 g/mol. The van der Waals surface area contributed by atoms with Crippen LogP contribution >= 0.6 is 34.8 Å². The maximum Gasteiger partial charge on any atom is 0.255 e. The number of halogens is 5. The minimum absolute atomic E-state index is 0.110. The second kappa shape index (κ2) is 11.7. The van der Waals surface area contributed by atoms with E-state index in [1.165, 1.54) is 18.2 Å². The van der Waals surface area contributed by atoms with Crippen LogP contribution in [0.2, 0.25) is 15.1 Å². The van der Waals surface area contributed by atoms with E-state index in [-0.39, 0.29) is 18.1 Å². The first-order valence-corrected chi connectivity index (χ1v) is 12.2. The number of hydrogen-bond acceptors (Lipinski definition) is 3. The molecule has 1 aliphatic heterocycles. The third-order valence-electron chi connectivity index (χ3n) is 5.98. The highest BCUT2D eigenvalue weighted by atomic mass is 35.5. The van der Waals surface area contributed by atoms with E-state index in [2.05, 4.69) is 4.90 Å². The Balaban J connectivity index is 1.42. The minimum atomic E-state index is -0.646. The van der Waals surface area contributed by atoms with Crippen LogP contribution in [0.1, 0.15) is 27.6 Å². The second-order valence-corrected chi connectivity index (χ2v) is 9.55. The Hall–Kier alpha value is -2.22. The fourth-order valence-corrected chi connectivity index (χ4v) is 4.60. The maximum atomic E-state index is 14.1. The van der Waals surface area contributed by atoms with Gasteiger partial charge in [0.05, 0.1) is 23.3 Å². The van der Waals surface area contributed by atoms with Crippen molar-refractivity contribution in [3.63, 3.8) is 0 Å². The zero-order valence-corrected chi connectivity index (χ0v) is 21.0. The summed E-state index contributed by atoms with van der Waals surface area (Å²) in [6.45, 7) is 2.51. The van der Waals surface area contributed by atoms with Crippen molar-refractivity contribution in [2.75, 3.05) is 32.7 Å². The molecule has 4 rings (SSSR count). The van der Waals surface area contributed by atoms with Crippen LogP contribution in [0.3, 0.4) is 0 Å². The van der Waals surface area contributed by atoms with Crippen LogP contribution in [0, 0.1) is 11.6 Å². The molecular formula is C26H23Cl3F2N2O2. The van der Waals surface area contributed by atoms with Gasteiger partial charge < -0.3 is 9.64 Å². The summed E-state index contributed by atoms with van der Waals surface area (Å²) in [5.74, 6) is -1.44. The van der Waals surface area contributed by atoms with Crippen molar-refractivity contribution in [1.82, 2.24) is 9.80 Å². The Morgan fingerprint density at radius 2 is 1.51 bits per heavy atom. The summed E-state index contributed by atoms with van der Waals surface area (Å²) in [7, 11) is 0. The van der Waals surface area contributed by atoms with E-state index in [1.54, 1.807) is 35.2 Å². The van der Waals surface area contributed by atoms with Crippen molar-refractivity contribution in [2.24, 2.45) is 0 Å². The van der Waals surface area contributed by atoms with Crippen molar-refractivity contribution >= 4 is 40.7 Å². The van der Waals surface area contributed by atoms with Gasteiger partial charge in [0.15, 0.2) is 0 Å². The smallest absolute Gasteiger partial charge is 0.255 e. The molecule has 9 heteroatoms. The van der Waals surface area contributed by atoms with Crippen molar-refractivity contribution < 1.29 is 18.3 Å². The van der Waals surface area contributed by atoms with Gasteiger partial charge in [-0.25, -0.2) is 8.78 Å². The highest BCUT2D eigenvalue weighted by molar-refractivity contribution is 6.36. The lowest BCUT2D eigenvalue weighted by Crippen LogP contribution is -2.49. The summed E-state index contributed by atoms with van der Waals surface area (Å²) >= 11 is 18.2. The van der Waals surface area contributed by atoms with Crippen LogP contribution in [0.5, 0.6) is 0 Å². The Morgan fingerprint density at radius 1 is 0.886 bits per heavy atom. The largest absolute Gasteiger partial charge is 0.367 e. The van der Waals surface area contributed by atoms with Gasteiger partial charge in [-0.2, -0.15) is 0 Å². The van der Waals surface area contributed by atoms with Crippen molar-refractivity contribution in [2.45, 2.75) is 12.7 Å². The number of hydrogen-bond donors (Lipinski definition) is 0. The van der Waals surface area contributed by atoms with Gasteiger partial charge in [-0.1, -0.05) is 53.0 Å². The molecule has 3 aromatic rings. The van der Waals surface area contributed by atoms with E-state index in [1.807, 2.05) is 12.1 Å². The van der Waals surface area contributed by atoms with Gasteiger partial charge in [-0.15, -0.1) is 0 Å². The third-order valence-corrected chi connectivity index (χ3v) is 6.78. The molecule has 1 saturated heterocycles. The van der Waals surface area contributed by atoms with E-state index >= 15 is 0 Å². The molecule has 0 aromatic heterocycles. The molecule has 1 aliphatic rings. The number of benzene rings is 3. The number of rotatable bonds is 7. The Morgan fingerprint density at radius 3 is 2.14 bits per heavy atom. The first-order chi connectivity index (χ1) is 16.8. The average Bonchev–Trinajstić information content (AvgIpc) is 2.83. The lowest BCUT2D eigenvalue weighted by atomic mass is 10.1. The molecule has 0 N–H and O–H groups in total. The SMILES string of the molecule is O=C(c1ccc(Cl)cc1Cl)N1CCN(CC(OCc2c(F)cccc2F)c2ccc(Cl)cc2)CC1. The van der Waals surface area contributed by atoms with E-state index in [0.29, 0.717) is 53.4 Å². The predicted octanol–water partition coefficient (Wildman–Crippen LogP) is 6.64. The molecule has 1 amide bonds. The van der Waals surface area contributed by atoms with Crippen LogP contribution in [-0.2, 0) is 11.3 Å². The maximum absolute atomic E-state index is 14.1. The number of ether oxygens (including phenoxy) is 1. The minimum Gasteiger partial charge on any atom is -0.367 e. The van der Waals surface area contributed by atoms with Gasteiger partial charge in [0.2, 0.25) is 0 Å². The van der Waals surface area contributed by atoms with E-state index in [4.69, 9.17) is 39.5 Å².